The van der Waals surface area contributed by atoms with Crippen LogP contribution in [-0.2, 0) is 17.4 Å². The summed E-state index contributed by atoms with van der Waals surface area (Å²) in [6.07, 6.45) is 3.40. The number of nitrogens with zero attached hydrogens (tertiary/aromatic N) is 3. The molecule has 0 fully saturated rings. The Morgan fingerprint density at radius 3 is 2.78 bits per heavy atom. The van der Waals surface area contributed by atoms with Crippen LogP contribution in [0.4, 0.5) is 13.2 Å². The molecule has 0 aliphatic carbocycles. The molecule has 0 bridgehead atoms. The first-order valence-corrected chi connectivity index (χ1v) is 9.61. The van der Waals surface area contributed by atoms with Crippen LogP contribution in [-0.4, -0.2) is 38.6 Å². The van der Waals surface area contributed by atoms with Crippen LogP contribution in [0.5, 0.6) is 0 Å². The van der Waals surface area contributed by atoms with E-state index in [0.29, 0.717) is 5.69 Å². The molecule has 0 saturated carbocycles. The number of aromatic amines is 2. The van der Waals surface area contributed by atoms with Crippen molar-refractivity contribution in [3.8, 4) is 0 Å². The lowest BCUT2D eigenvalue weighted by atomic mass is 9.98. The van der Waals surface area contributed by atoms with Crippen LogP contribution in [0.3, 0.4) is 0 Å². The van der Waals surface area contributed by atoms with Gasteiger partial charge in [0.2, 0.25) is 0 Å². The van der Waals surface area contributed by atoms with Crippen molar-refractivity contribution in [2.75, 3.05) is 0 Å². The number of allylic oxidation sites excluding steroid dienone is 1. The molecule has 0 aromatic carbocycles. The van der Waals surface area contributed by atoms with Crippen molar-refractivity contribution in [3.05, 3.63) is 58.8 Å². The smallest absolute Gasteiger partial charge is 0.359 e. The van der Waals surface area contributed by atoms with E-state index in [1.807, 2.05) is 0 Å². The van der Waals surface area contributed by atoms with Crippen molar-refractivity contribution in [1.82, 2.24) is 25.7 Å². The van der Waals surface area contributed by atoms with Crippen LogP contribution in [0.25, 0.3) is 6.08 Å². The van der Waals surface area contributed by atoms with Crippen molar-refractivity contribution in [2.24, 2.45) is 16.0 Å². The number of hydrazone groups is 1. The molecular formula is C20H18F3N7O2. The number of hydrogen-bond donors (Lipinski definition) is 4. The number of rotatable bonds is 6. The van der Waals surface area contributed by atoms with E-state index >= 15 is 0 Å². The first-order valence-electron chi connectivity index (χ1n) is 9.61. The van der Waals surface area contributed by atoms with Gasteiger partial charge in [0.05, 0.1) is 22.7 Å². The maximum atomic E-state index is 14.0. The number of aliphatic imine (C=N–C) groups is 1. The predicted octanol–water partition coefficient (Wildman–Crippen LogP) is 2.47. The Labute approximate surface area is 179 Å². The zero-order valence-electron chi connectivity index (χ0n) is 16.7. The minimum Gasteiger partial charge on any atom is -0.359 e. The first-order chi connectivity index (χ1) is 15.3. The van der Waals surface area contributed by atoms with Gasteiger partial charge in [-0.15, -0.1) is 0 Å². The Balaban J connectivity index is 1.68. The molecule has 1 unspecified atom stereocenters. The summed E-state index contributed by atoms with van der Waals surface area (Å²) < 4.78 is 42.1. The predicted molar refractivity (Wildman–Crippen MR) is 110 cm³/mol. The third-order valence-electron chi connectivity index (χ3n) is 5.06. The highest BCUT2D eigenvalue weighted by Crippen LogP contribution is 2.38. The Bertz CT molecular complexity index is 1170. The van der Waals surface area contributed by atoms with Gasteiger partial charge >= 0.3 is 6.18 Å². The van der Waals surface area contributed by atoms with Crippen LogP contribution in [0.15, 0.2) is 40.6 Å². The number of carbonyl (C=O) groups excluding carboxylic acids is 2. The second-order valence-electron chi connectivity index (χ2n) is 7.14. The fourth-order valence-electron chi connectivity index (χ4n) is 3.61. The summed E-state index contributed by atoms with van der Waals surface area (Å²) in [6.45, 7) is 1.52. The van der Waals surface area contributed by atoms with Crippen molar-refractivity contribution >= 4 is 29.7 Å². The molecule has 0 radical (unpaired) electrons. The van der Waals surface area contributed by atoms with Crippen molar-refractivity contribution < 1.29 is 22.8 Å². The summed E-state index contributed by atoms with van der Waals surface area (Å²) in [5.74, 6) is -1.54. The lowest BCUT2D eigenvalue weighted by Gasteiger charge is -2.17. The number of aromatic nitrogens is 3. The van der Waals surface area contributed by atoms with Crippen molar-refractivity contribution in [3.63, 3.8) is 0 Å². The van der Waals surface area contributed by atoms with E-state index in [-0.39, 0.29) is 47.1 Å². The molecule has 4 N–H and O–H groups in total. The van der Waals surface area contributed by atoms with E-state index < -0.39 is 23.6 Å². The number of amides is 1. The SMILES string of the molecule is Cc1[nH]c(C=C2NC=CN=C2C2C=NNC2=O)c(C(F)(F)F)c1CCC(=O)c1ncc[nH]1. The number of Topliss-reactive ketones (excluding diaryl/α,β-unsaturated/α-hetero) is 1. The molecule has 0 spiro atoms. The summed E-state index contributed by atoms with van der Waals surface area (Å²) in [5.41, 5.74) is 1.97. The van der Waals surface area contributed by atoms with Gasteiger partial charge in [-0.1, -0.05) is 0 Å². The summed E-state index contributed by atoms with van der Waals surface area (Å²) in [6, 6.07) is 0. The van der Waals surface area contributed by atoms with Crippen molar-refractivity contribution in [1.29, 1.82) is 0 Å². The Morgan fingerprint density at radius 2 is 2.12 bits per heavy atom. The van der Waals surface area contributed by atoms with Gasteiger partial charge in [-0.25, -0.2) is 10.4 Å². The topological polar surface area (TPSA) is 127 Å². The second-order valence-corrected chi connectivity index (χ2v) is 7.14. The minimum absolute atomic E-state index is 0.00531. The van der Waals surface area contributed by atoms with Gasteiger partial charge in [0.25, 0.3) is 5.91 Å². The molecule has 2 aromatic rings. The van der Waals surface area contributed by atoms with Gasteiger partial charge in [-0.2, -0.15) is 18.3 Å². The van der Waals surface area contributed by atoms with Gasteiger partial charge in [-0.3, -0.25) is 14.6 Å². The Hall–Kier alpha value is -3.96. The van der Waals surface area contributed by atoms with Crippen LogP contribution in [0, 0.1) is 12.8 Å². The lowest BCUT2D eigenvalue weighted by molar-refractivity contribution is -0.138. The van der Waals surface area contributed by atoms with E-state index in [0.717, 1.165) is 0 Å². The number of carbonyl (C=O) groups is 2. The van der Waals surface area contributed by atoms with Crippen LogP contribution in [0.1, 0.15) is 39.6 Å². The third-order valence-corrected chi connectivity index (χ3v) is 5.06. The number of alkyl halides is 3. The highest BCUT2D eigenvalue weighted by atomic mass is 19.4. The molecule has 1 amide bonds. The summed E-state index contributed by atoms with van der Waals surface area (Å²) in [4.78, 5) is 37.6. The van der Waals surface area contributed by atoms with Crippen molar-refractivity contribution in [2.45, 2.75) is 25.9 Å². The lowest BCUT2D eigenvalue weighted by Crippen LogP contribution is -2.32. The third kappa shape index (κ3) is 4.11. The fraction of sp³-hybridized carbons (Fsp3) is 0.250. The molecule has 4 heterocycles. The highest BCUT2D eigenvalue weighted by Gasteiger charge is 2.39. The maximum absolute atomic E-state index is 14.0. The number of aryl methyl sites for hydroxylation is 1. The molecule has 2 aliphatic heterocycles. The van der Waals surface area contributed by atoms with Gasteiger partial charge in [0, 0.05) is 43.1 Å². The fourth-order valence-corrected chi connectivity index (χ4v) is 3.61. The number of hydrogen-bond acceptors (Lipinski definition) is 6. The number of nitrogens with one attached hydrogen (secondary N) is 4. The molecule has 9 nitrogen and oxygen atoms in total. The molecule has 2 aliphatic rings. The number of imidazole rings is 1. The van der Waals surface area contributed by atoms with E-state index in [9.17, 15) is 22.8 Å². The average molecular weight is 445 g/mol. The summed E-state index contributed by atoms with van der Waals surface area (Å²) in [7, 11) is 0. The van der Waals surface area contributed by atoms with Crippen LogP contribution < -0.4 is 10.7 Å². The van der Waals surface area contributed by atoms with Gasteiger partial charge < -0.3 is 15.3 Å². The van der Waals surface area contributed by atoms with E-state index in [4.69, 9.17) is 0 Å². The van der Waals surface area contributed by atoms with Gasteiger partial charge in [0.15, 0.2) is 11.6 Å². The van der Waals surface area contributed by atoms with Crippen LogP contribution >= 0.6 is 0 Å². The number of halogens is 3. The second kappa shape index (κ2) is 8.29. The zero-order valence-corrected chi connectivity index (χ0v) is 16.7. The minimum atomic E-state index is -4.67. The largest absolute Gasteiger partial charge is 0.418 e. The normalized spacial score (nSPS) is 19.2. The Morgan fingerprint density at radius 1 is 1.31 bits per heavy atom. The summed E-state index contributed by atoms with van der Waals surface area (Å²) in [5, 5.41) is 6.53. The average Bonchev–Trinajstić information content (AvgIpc) is 3.47. The zero-order chi connectivity index (χ0) is 22.9. The molecule has 12 heteroatoms. The molecule has 1 atom stereocenters. The highest BCUT2D eigenvalue weighted by molar-refractivity contribution is 6.24. The van der Waals surface area contributed by atoms with Gasteiger partial charge in [0.1, 0.15) is 5.92 Å². The quantitative estimate of drug-likeness (QED) is 0.510. The van der Waals surface area contributed by atoms with Gasteiger partial charge in [-0.05, 0) is 25.0 Å². The molecule has 4 rings (SSSR count). The van der Waals surface area contributed by atoms with E-state index in [1.165, 1.54) is 44.0 Å². The first kappa shape index (κ1) is 21.3. The molecular weight excluding hydrogens is 427 g/mol. The van der Waals surface area contributed by atoms with E-state index in [2.05, 4.69) is 35.8 Å². The molecule has 166 valence electrons. The molecule has 32 heavy (non-hydrogen) atoms. The maximum Gasteiger partial charge on any atom is 0.418 e. The monoisotopic (exact) mass is 445 g/mol. The summed E-state index contributed by atoms with van der Waals surface area (Å²) >= 11 is 0. The number of H-pyrrole nitrogens is 2. The van der Waals surface area contributed by atoms with Crippen LogP contribution in [0.2, 0.25) is 0 Å². The number of ketones is 1. The van der Waals surface area contributed by atoms with E-state index in [1.54, 1.807) is 0 Å². The molecule has 2 aromatic heterocycles. The molecule has 0 saturated heterocycles. The standard InChI is InChI=1S/C20H18F3N7O2/c1-10-11(2-3-15(31)18-26-6-7-27-18)16(20(21,22)23)13(29-10)8-14-17(25-5-4-24-14)12-9-28-30-19(12)32/h4-9,12,24,29H,2-3H2,1H3,(H,26,27)(H,30,32). The Kier molecular flexibility index (Phi) is 5.51.